The van der Waals surface area contributed by atoms with Crippen molar-refractivity contribution in [2.75, 3.05) is 6.54 Å². The highest BCUT2D eigenvalue weighted by Crippen LogP contribution is 2.68. The average molecular weight is 291 g/mol. The van der Waals surface area contributed by atoms with E-state index in [1.165, 1.54) is 19.3 Å². The molecule has 0 aromatic carbocycles. The lowest BCUT2D eigenvalue weighted by Crippen LogP contribution is -2.65. The van der Waals surface area contributed by atoms with Gasteiger partial charge in [0.2, 0.25) is 5.91 Å². The van der Waals surface area contributed by atoms with Gasteiger partial charge in [-0.05, 0) is 55.3 Å². The second kappa shape index (κ2) is 3.82. The number of hydrogen-bond acceptors (Lipinski definition) is 2. The number of rotatable bonds is 2. The van der Waals surface area contributed by atoms with Gasteiger partial charge >= 0.3 is 5.97 Å². The molecule has 4 aliphatic carbocycles. The Morgan fingerprint density at radius 3 is 2.24 bits per heavy atom. The Bertz CT molecular complexity index is 510. The maximum Gasteiger partial charge on any atom is 0.308 e. The maximum atomic E-state index is 12.5. The number of nitrogens with zero attached hydrogens (tertiary/aromatic N) is 1. The van der Waals surface area contributed by atoms with Crippen LogP contribution in [0.4, 0.5) is 0 Å². The van der Waals surface area contributed by atoms with Gasteiger partial charge in [0.1, 0.15) is 0 Å². The minimum atomic E-state index is -0.812. The monoisotopic (exact) mass is 291 g/mol. The molecule has 0 aromatic heterocycles. The number of hydrogen-bond donors (Lipinski definition) is 1. The Balaban J connectivity index is 1.68. The quantitative estimate of drug-likeness (QED) is 0.851. The zero-order valence-electron chi connectivity index (χ0n) is 13.0. The lowest BCUT2D eigenvalue weighted by molar-refractivity contribution is -0.170. The first-order chi connectivity index (χ1) is 9.73. The van der Waals surface area contributed by atoms with Crippen LogP contribution in [0.2, 0.25) is 0 Å². The van der Waals surface area contributed by atoms with Crippen molar-refractivity contribution in [1.82, 2.24) is 4.90 Å². The molecular formula is C17H25NO3. The summed E-state index contributed by atoms with van der Waals surface area (Å²) in [5, 5.41) is 9.25. The molecule has 3 atom stereocenters. The van der Waals surface area contributed by atoms with Crippen molar-refractivity contribution in [3.8, 4) is 0 Å². The van der Waals surface area contributed by atoms with Crippen LogP contribution >= 0.6 is 0 Å². The first-order valence-electron chi connectivity index (χ1n) is 8.26. The van der Waals surface area contributed by atoms with Crippen LogP contribution in [0, 0.1) is 22.7 Å². The van der Waals surface area contributed by atoms with Crippen LogP contribution in [0.1, 0.15) is 58.8 Å². The smallest absolute Gasteiger partial charge is 0.308 e. The van der Waals surface area contributed by atoms with E-state index in [-0.39, 0.29) is 17.9 Å². The number of likely N-dealkylation sites (tertiary alicyclic amines) is 1. The van der Waals surface area contributed by atoms with Crippen molar-refractivity contribution < 1.29 is 14.7 Å². The molecule has 1 heterocycles. The van der Waals surface area contributed by atoms with Gasteiger partial charge in [0, 0.05) is 18.5 Å². The predicted molar refractivity (Wildman–Crippen MR) is 77.6 cm³/mol. The molecule has 1 amide bonds. The summed E-state index contributed by atoms with van der Waals surface area (Å²) in [6.45, 7) is 5.21. The first-order valence-corrected chi connectivity index (χ1v) is 8.26. The molecule has 0 aromatic rings. The van der Waals surface area contributed by atoms with Gasteiger partial charge in [0.15, 0.2) is 0 Å². The molecule has 0 unspecified atom stereocenters. The molecular weight excluding hydrogens is 266 g/mol. The first kappa shape index (κ1) is 13.6. The van der Waals surface area contributed by atoms with Crippen molar-refractivity contribution in [1.29, 1.82) is 0 Å². The zero-order chi connectivity index (χ0) is 15.0. The van der Waals surface area contributed by atoms with Crippen molar-refractivity contribution in [2.24, 2.45) is 22.7 Å². The highest BCUT2D eigenvalue weighted by atomic mass is 16.4. The summed E-state index contributed by atoms with van der Waals surface area (Å²) in [5.41, 5.74) is 0.676. The van der Waals surface area contributed by atoms with Crippen molar-refractivity contribution >= 4 is 11.9 Å². The van der Waals surface area contributed by atoms with Crippen molar-refractivity contribution in [3.05, 3.63) is 0 Å². The average Bonchev–Trinajstić information content (AvgIpc) is 2.67. The summed E-state index contributed by atoms with van der Waals surface area (Å²) in [5.74, 6) is -0.497. The molecule has 5 aliphatic rings. The number of carboxylic acid groups (broad SMARTS) is 1. The van der Waals surface area contributed by atoms with Gasteiger partial charge in [0.05, 0.1) is 5.92 Å². The number of aliphatic carboxylic acids is 1. The molecule has 116 valence electrons. The van der Waals surface area contributed by atoms with Gasteiger partial charge in [-0.15, -0.1) is 0 Å². The van der Waals surface area contributed by atoms with E-state index in [9.17, 15) is 14.7 Å². The normalized spacial score (nSPS) is 51.7. The van der Waals surface area contributed by atoms with E-state index in [1.54, 1.807) is 0 Å². The Hall–Kier alpha value is -1.06. The van der Waals surface area contributed by atoms with E-state index < -0.39 is 11.9 Å². The van der Waals surface area contributed by atoms with E-state index in [2.05, 4.69) is 13.8 Å². The standard InChI is InChI=1S/C17H25NO3/c1-15-4-11-5-16(2,8-15)10-17(6-11,9-15)18-7-12(14(20)21)3-13(18)19/h11-12H,3-10H2,1-2H3,(H,20,21)/t11?,12-,15+,16+,17?/m1/s1. The van der Waals surface area contributed by atoms with E-state index >= 15 is 0 Å². The minimum Gasteiger partial charge on any atom is -0.481 e. The molecule has 1 aliphatic heterocycles. The lowest BCUT2D eigenvalue weighted by atomic mass is 9.42. The van der Waals surface area contributed by atoms with E-state index in [1.807, 2.05) is 4.90 Å². The van der Waals surface area contributed by atoms with Crippen LogP contribution in [0.3, 0.4) is 0 Å². The van der Waals surface area contributed by atoms with Gasteiger partial charge in [-0.2, -0.15) is 0 Å². The van der Waals surface area contributed by atoms with Crippen LogP contribution in [0.5, 0.6) is 0 Å². The molecule has 5 fully saturated rings. The molecule has 4 nitrogen and oxygen atoms in total. The Labute approximate surface area is 125 Å². The maximum absolute atomic E-state index is 12.5. The number of carbonyl (C=O) groups is 2. The summed E-state index contributed by atoms with van der Waals surface area (Å²) >= 11 is 0. The summed E-state index contributed by atoms with van der Waals surface area (Å²) in [4.78, 5) is 25.7. The molecule has 4 saturated carbocycles. The Kier molecular flexibility index (Phi) is 2.47. The fourth-order valence-electron chi connectivity index (χ4n) is 7.02. The van der Waals surface area contributed by atoms with Crippen molar-refractivity contribution in [3.63, 3.8) is 0 Å². The lowest BCUT2D eigenvalue weighted by Gasteiger charge is -2.67. The van der Waals surface area contributed by atoms with Crippen LogP contribution in [-0.2, 0) is 9.59 Å². The second-order valence-electron chi connectivity index (χ2n) is 9.10. The number of amides is 1. The van der Waals surface area contributed by atoms with Gasteiger partial charge < -0.3 is 10.0 Å². The highest BCUT2D eigenvalue weighted by Gasteiger charge is 2.63. The molecule has 0 spiro atoms. The molecule has 1 saturated heterocycles. The molecule has 0 radical (unpaired) electrons. The van der Waals surface area contributed by atoms with Gasteiger partial charge in [-0.3, -0.25) is 9.59 Å². The largest absolute Gasteiger partial charge is 0.481 e. The molecule has 5 rings (SSSR count). The third kappa shape index (κ3) is 1.87. The van der Waals surface area contributed by atoms with Crippen LogP contribution in [-0.4, -0.2) is 34.0 Å². The Morgan fingerprint density at radius 1 is 1.14 bits per heavy atom. The Morgan fingerprint density at radius 2 is 1.76 bits per heavy atom. The number of carbonyl (C=O) groups excluding carboxylic acids is 1. The third-order valence-corrected chi connectivity index (χ3v) is 6.64. The van der Waals surface area contributed by atoms with E-state index in [0.717, 1.165) is 25.2 Å². The third-order valence-electron chi connectivity index (χ3n) is 6.64. The SMILES string of the molecule is C[C@@]12CC3CC(N4C[C@H](C(=O)O)CC4=O)(C1)C[C@@](C)(C3)C2. The zero-order valence-corrected chi connectivity index (χ0v) is 13.0. The second-order valence-corrected chi connectivity index (χ2v) is 9.10. The number of carboxylic acids is 1. The molecule has 21 heavy (non-hydrogen) atoms. The van der Waals surface area contributed by atoms with Crippen LogP contribution in [0.25, 0.3) is 0 Å². The van der Waals surface area contributed by atoms with Crippen LogP contribution < -0.4 is 0 Å². The molecule has 4 heteroatoms. The topological polar surface area (TPSA) is 57.6 Å². The summed E-state index contributed by atoms with van der Waals surface area (Å²) in [6.07, 6.45) is 7.37. The minimum absolute atomic E-state index is 0.0375. The van der Waals surface area contributed by atoms with Gasteiger partial charge in [-0.1, -0.05) is 13.8 Å². The fraction of sp³-hybridized carbons (Fsp3) is 0.882. The van der Waals surface area contributed by atoms with E-state index in [4.69, 9.17) is 0 Å². The van der Waals surface area contributed by atoms with Gasteiger partial charge in [0.25, 0.3) is 0 Å². The predicted octanol–water partition coefficient (Wildman–Crippen LogP) is 2.67. The van der Waals surface area contributed by atoms with Crippen molar-refractivity contribution in [2.45, 2.75) is 64.3 Å². The van der Waals surface area contributed by atoms with Crippen LogP contribution in [0.15, 0.2) is 0 Å². The fourth-order valence-corrected chi connectivity index (χ4v) is 7.02. The van der Waals surface area contributed by atoms with Gasteiger partial charge in [-0.25, -0.2) is 0 Å². The highest BCUT2D eigenvalue weighted by molar-refractivity contribution is 5.86. The summed E-state index contributed by atoms with van der Waals surface area (Å²) in [7, 11) is 0. The summed E-state index contributed by atoms with van der Waals surface area (Å²) in [6, 6.07) is 0. The van der Waals surface area contributed by atoms with E-state index in [0.29, 0.717) is 17.4 Å². The summed E-state index contributed by atoms with van der Waals surface area (Å²) < 4.78 is 0. The molecule has 1 N–H and O–H groups in total. The molecule has 4 bridgehead atoms.